The molecule has 57 heavy (non-hydrogen) atoms. The van der Waals surface area contributed by atoms with Gasteiger partial charge in [0.25, 0.3) is 0 Å². The van der Waals surface area contributed by atoms with Crippen molar-refractivity contribution in [3.05, 3.63) is 187 Å². The van der Waals surface area contributed by atoms with E-state index in [1.807, 2.05) is 72.8 Å². The summed E-state index contributed by atoms with van der Waals surface area (Å²) in [5.41, 5.74) is 8.33. The third-order valence-electron chi connectivity index (χ3n) is 11.3. The molecule has 0 saturated carbocycles. The molecule has 0 aliphatic rings. The Labute approximate surface area is 324 Å². The summed E-state index contributed by atoms with van der Waals surface area (Å²) in [6, 6.07) is 58.6. The molecule has 0 fully saturated rings. The Morgan fingerprint density at radius 3 is 1.26 bits per heavy atom. The summed E-state index contributed by atoms with van der Waals surface area (Å²) < 4.78 is 50.6. The van der Waals surface area contributed by atoms with Gasteiger partial charge in [0, 0.05) is 49.1 Å². The van der Waals surface area contributed by atoms with Crippen molar-refractivity contribution in [2.45, 2.75) is 6.18 Å². The first kappa shape index (κ1) is 32.8. The van der Waals surface area contributed by atoms with Gasteiger partial charge in [-0.05, 0) is 84.9 Å². The van der Waals surface area contributed by atoms with Crippen molar-refractivity contribution >= 4 is 65.4 Å². The van der Waals surface area contributed by atoms with Crippen LogP contribution in [0.25, 0.3) is 93.6 Å². The number of hydrogen-bond donors (Lipinski definition) is 0. The number of nitrogens with zero attached hydrogens (tertiary/aromatic N) is 4. The number of hydrogen-bond acceptors (Lipinski definition) is 1. The van der Waals surface area contributed by atoms with Crippen LogP contribution in [-0.4, -0.2) is 13.7 Å². The van der Waals surface area contributed by atoms with Crippen LogP contribution in [-0.2, 0) is 6.18 Å². The van der Waals surface area contributed by atoms with Crippen molar-refractivity contribution in [1.29, 1.82) is 5.26 Å². The molecule has 0 radical (unpaired) electrons. The van der Waals surface area contributed by atoms with E-state index in [2.05, 4.69) is 92.6 Å². The van der Waals surface area contributed by atoms with Crippen LogP contribution >= 0.6 is 0 Å². The quantitative estimate of drug-likeness (QED) is 0.177. The summed E-state index contributed by atoms with van der Waals surface area (Å²) in [5, 5.41) is 16.5. The largest absolute Gasteiger partial charge is 0.416 e. The summed E-state index contributed by atoms with van der Waals surface area (Å²) in [6.07, 6.45) is -4.61. The smallest absolute Gasteiger partial charge is 0.309 e. The van der Waals surface area contributed by atoms with Crippen molar-refractivity contribution in [2.75, 3.05) is 0 Å². The van der Waals surface area contributed by atoms with Gasteiger partial charge in [-0.1, -0.05) is 91.0 Å². The lowest BCUT2D eigenvalue weighted by Gasteiger charge is -2.20. The van der Waals surface area contributed by atoms with Gasteiger partial charge in [0.05, 0.1) is 61.7 Å². The van der Waals surface area contributed by atoms with Crippen LogP contribution in [0.4, 0.5) is 13.2 Å². The molecular formula is C50H29F3N4. The number of nitriles is 1. The van der Waals surface area contributed by atoms with Crippen molar-refractivity contribution in [3.8, 4) is 34.3 Å². The molecule has 0 bridgehead atoms. The highest BCUT2D eigenvalue weighted by atomic mass is 19.4. The SMILES string of the molecule is N#Cc1ccc(-n2c3ccccc3c3ccccc32)c(-c2cc(C(F)(F)F)ccc2-n2c3ccccc3c3cc(-n4c5ccccc5c5ccccc54)ccc32)c1. The molecule has 0 spiro atoms. The van der Waals surface area contributed by atoms with Gasteiger partial charge in [-0.3, -0.25) is 0 Å². The second kappa shape index (κ2) is 12.2. The fraction of sp³-hybridized carbons (Fsp3) is 0.0200. The van der Waals surface area contributed by atoms with E-state index >= 15 is 0 Å². The van der Waals surface area contributed by atoms with Crippen LogP contribution in [0, 0.1) is 11.3 Å². The molecule has 0 saturated heterocycles. The van der Waals surface area contributed by atoms with Crippen LogP contribution in [0.2, 0.25) is 0 Å². The summed E-state index contributed by atoms with van der Waals surface area (Å²) >= 11 is 0. The topological polar surface area (TPSA) is 38.6 Å². The number of rotatable bonds is 4. The van der Waals surface area contributed by atoms with Gasteiger partial charge in [0.2, 0.25) is 0 Å². The zero-order chi connectivity index (χ0) is 38.4. The van der Waals surface area contributed by atoms with Crippen LogP contribution < -0.4 is 0 Å². The molecule has 0 aliphatic heterocycles. The van der Waals surface area contributed by atoms with E-state index in [4.69, 9.17) is 0 Å². The number of alkyl halides is 3. The molecule has 0 unspecified atom stereocenters. The number of aromatic nitrogens is 3. The number of benzene rings is 8. The maximum absolute atomic E-state index is 14.7. The molecule has 0 atom stereocenters. The first-order valence-electron chi connectivity index (χ1n) is 18.7. The standard InChI is InChI=1S/C50H29F3N4/c51-50(52,53)32-22-25-48(40(28-32)39-27-31(30-54)21-24-47(39)56-44-18-8-3-13-36(44)37-14-4-9-19-45(37)56)57-46-20-10-5-15-38(46)41-29-33(23-26-49(41)57)55-42-16-6-1-11-34(42)35-12-2-7-17-43(35)55/h1-29H. The van der Waals surface area contributed by atoms with Gasteiger partial charge in [0.1, 0.15) is 0 Å². The van der Waals surface area contributed by atoms with Gasteiger partial charge >= 0.3 is 6.18 Å². The zero-order valence-corrected chi connectivity index (χ0v) is 30.2. The van der Waals surface area contributed by atoms with Gasteiger partial charge in [-0.2, -0.15) is 18.4 Å². The van der Waals surface area contributed by atoms with E-state index in [0.717, 1.165) is 77.2 Å². The highest BCUT2D eigenvalue weighted by molar-refractivity contribution is 6.13. The molecule has 8 aromatic carbocycles. The lowest BCUT2D eigenvalue weighted by molar-refractivity contribution is -0.137. The Morgan fingerprint density at radius 1 is 0.386 bits per heavy atom. The fourth-order valence-electron chi connectivity index (χ4n) is 8.88. The van der Waals surface area contributed by atoms with E-state index in [9.17, 15) is 18.4 Å². The molecule has 11 rings (SSSR count). The molecular weight excluding hydrogens is 714 g/mol. The van der Waals surface area contributed by atoms with Crippen molar-refractivity contribution in [3.63, 3.8) is 0 Å². The Bertz CT molecular complexity index is 3380. The Hall–Kier alpha value is -7.56. The predicted molar refractivity (Wildman–Crippen MR) is 225 cm³/mol. The second-order valence-corrected chi connectivity index (χ2v) is 14.4. The number of para-hydroxylation sites is 5. The zero-order valence-electron chi connectivity index (χ0n) is 30.2. The molecule has 0 N–H and O–H groups in total. The molecule has 0 amide bonds. The Kier molecular flexibility index (Phi) is 7.04. The van der Waals surface area contributed by atoms with Crippen molar-refractivity contribution in [1.82, 2.24) is 13.7 Å². The van der Waals surface area contributed by atoms with E-state index in [1.54, 1.807) is 18.2 Å². The monoisotopic (exact) mass is 742 g/mol. The van der Waals surface area contributed by atoms with E-state index in [1.165, 1.54) is 6.07 Å². The minimum absolute atomic E-state index is 0.343. The average Bonchev–Trinajstić information content (AvgIpc) is 3.88. The Morgan fingerprint density at radius 2 is 0.789 bits per heavy atom. The maximum atomic E-state index is 14.7. The average molecular weight is 743 g/mol. The minimum Gasteiger partial charge on any atom is -0.309 e. The number of fused-ring (bicyclic) bond motifs is 9. The molecule has 7 heteroatoms. The highest BCUT2D eigenvalue weighted by Gasteiger charge is 2.32. The first-order chi connectivity index (χ1) is 27.9. The van der Waals surface area contributed by atoms with Crippen LogP contribution in [0.15, 0.2) is 176 Å². The lowest BCUT2D eigenvalue weighted by atomic mass is 9.96. The van der Waals surface area contributed by atoms with E-state index in [-0.39, 0.29) is 0 Å². The maximum Gasteiger partial charge on any atom is 0.416 e. The van der Waals surface area contributed by atoms with Crippen molar-refractivity contribution < 1.29 is 13.2 Å². The molecule has 3 heterocycles. The normalized spacial score (nSPS) is 12.1. The molecule has 3 aromatic heterocycles. The van der Waals surface area contributed by atoms with Gasteiger partial charge in [0.15, 0.2) is 0 Å². The predicted octanol–water partition coefficient (Wildman–Crippen LogP) is 13.5. The van der Waals surface area contributed by atoms with Crippen LogP contribution in [0.3, 0.4) is 0 Å². The van der Waals surface area contributed by atoms with Crippen LogP contribution in [0.1, 0.15) is 11.1 Å². The highest BCUT2D eigenvalue weighted by Crippen LogP contribution is 2.44. The summed E-state index contributed by atoms with van der Waals surface area (Å²) in [6.45, 7) is 0. The molecule has 11 aromatic rings. The number of halogens is 3. The third kappa shape index (κ3) is 4.87. The first-order valence-corrected chi connectivity index (χ1v) is 18.7. The van der Waals surface area contributed by atoms with Gasteiger partial charge < -0.3 is 13.7 Å². The fourth-order valence-corrected chi connectivity index (χ4v) is 8.88. The molecule has 4 nitrogen and oxygen atoms in total. The van der Waals surface area contributed by atoms with E-state index < -0.39 is 11.7 Å². The summed E-state index contributed by atoms with van der Waals surface area (Å²) in [5.74, 6) is 0. The second-order valence-electron chi connectivity index (χ2n) is 14.4. The third-order valence-corrected chi connectivity index (χ3v) is 11.3. The van der Waals surface area contributed by atoms with Gasteiger partial charge in [-0.25, -0.2) is 0 Å². The molecule has 0 aliphatic carbocycles. The van der Waals surface area contributed by atoms with E-state index in [0.29, 0.717) is 28.1 Å². The summed E-state index contributed by atoms with van der Waals surface area (Å²) in [7, 11) is 0. The lowest BCUT2D eigenvalue weighted by Crippen LogP contribution is -2.08. The van der Waals surface area contributed by atoms with Crippen molar-refractivity contribution in [2.24, 2.45) is 0 Å². The van der Waals surface area contributed by atoms with Crippen LogP contribution in [0.5, 0.6) is 0 Å². The summed E-state index contributed by atoms with van der Waals surface area (Å²) in [4.78, 5) is 0. The van der Waals surface area contributed by atoms with Gasteiger partial charge in [-0.15, -0.1) is 0 Å². The minimum atomic E-state index is -4.61. The molecule has 270 valence electrons. The Balaban J connectivity index is 1.22.